The van der Waals surface area contributed by atoms with E-state index in [0.29, 0.717) is 0 Å². The molecule has 19 heavy (non-hydrogen) atoms. The van der Waals surface area contributed by atoms with Crippen LogP contribution in [0.2, 0.25) is 0 Å². The van der Waals surface area contributed by atoms with E-state index in [2.05, 4.69) is 61.2 Å². The Bertz CT molecular complexity index is 569. The first-order valence-electron chi connectivity index (χ1n) is 7.23. The lowest BCUT2D eigenvalue weighted by molar-refractivity contribution is 0.708. The van der Waals surface area contributed by atoms with Gasteiger partial charge in [0, 0.05) is 18.8 Å². The summed E-state index contributed by atoms with van der Waals surface area (Å²) in [7, 11) is 0. The molecule has 1 heteroatoms. The number of benzene rings is 2. The Kier molecular flexibility index (Phi) is 3.29. The summed E-state index contributed by atoms with van der Waals surface area (Å²) in [6.45, 7) is 6.67. The zero-order chi connectivity index (χ0) is 13.2. The first-order chi connectivity index (χ1) is 9.28. The lowest BCUT2D eigenvalue weighted by Crippen LogP contribution is -2.28. The Labute approximate surface area is 115 Å². The van der Waals surface area contributed by atoms with Gasteiger partial charge in [0.05, 0.1) is 0 Å². The van der Waals surface area contributed by atoms with Crippen molar-refractivity contribution in [2.75, 3.05) is 18.0 Å². The van der Waals surface area contributed by atoms with E-state index in [1.807, 2.05) is 0 Å². The number of hydrogen-bond acceptors (Lipinski definition) is 1. The fourth-order valence-electron chi connectivity index (χ4n) is 2.90. The summed E-state index contributed by atoms with van der Waals surface area (Å²) in [5.74, 6) is 0. The maximum absolute atomic E-state index is 2.50. The van der Waals surface area contributed by atoms with Gasteiger partial charge in [0.15, 0.2) is 0 Å². The molecule has 0 radical (unpaired) electrons. The molecule has 1 heterocycles. The molecule has 98 valence electrons. The number of rotatable bonds is 2. The highest BCUT2D eigenvalue weighted by Gasteiger charge is 2.15. The van der Waals surface area contributed by atoms with Crippen molar-refractivity contribution >= 4 is 5.69 Å². The van der Waals surface area contributed by atoms with Crippen LogP contribution in [0, 0.1) is 6.92 Å². The Morgan fingerprint density at radius 1 is 1.00 bits per heavy atom. The molecule has 0 N–H and O–H groups in total. The van der Waals surface area contributed by atoms with Crippen LogP contribution in [0.15, 0.2) is 42.5 Å². The topological polar surface area (TPSA) is 3.24 Å². The molecule has 0 aromatic heterocycles. The molecule has 1 aliphatic rings. The van der Waals surface area contributed by atoms with Gasteiger partial charge in [-0.15, -0.1) is 0 Å². The van der Waals surface area contributed by atoms with Gasteiger partial charge < -0.3 is 4.90 Å². The van der Waals surface area contributed by atoms with E-state index in [4.69, 9.17) is 0 Å². The van der Waals surface area contributed by atoms with Crippen molar-refractivity contribution in [3.8, 4) is 11.1 Å². The van der Waals surface area contributed by atoms with Gasteiger partial charge in [-0.2, -0.15) is 0 Å². The van der Waals surface area contributed by atoms with E-state index in [9.17, 15) is 0 Å². The van der Waals surface area contributed by atoms with Crippen molar-refractivity contribution in [1.29, 1.82) is 0 Å². The lowest BCUT2D eigenvalue weighted by Gasteiger charge is -2.30. The Hall–Kier alpha value is -1.76. The van der Waals surface area contributed by atoms with Gasteiger partial charge in [-0.3, -0.25) is 0 Å². The van der Waals surface area contributed by atoms with Crippen LogP contribution < -0.4 is 4.90 Å². The summed E-state index contributed by atoms with van der Waals surface area (Å²) in [4.78, 5) is 2.50. The number of fused-ring (bicyclic) bond motifs is 1. The molecule has 0 fully saturated rings. The van der Waals surface area contributed by atoms with Crippen molar-refractivity contribution in [3.63, 3.8) is 0 Å². The van der Waals surface area contributed by atoms with Crippen molar-refractivity contribution in [2.24, 2.45) is 0 Å². The molecule has 1 nitrogen and oxygen atoms in total. The van der Waals surface area contributed by atoms with Crippen molar-refractivity contribution < 1.29 is 0 Å². The van der Waals surface area contributed by atoms with Crippen LogP contribution in [0.4, 0.5) is 5.69 Å². The van der Waals surface area contributed by atoms with Gasteiger partial charge in [0.2, 0.25) is 0 Å². The van der Waals surface area contributed by atoms with Crippen molar-refractivity contribution in [2.45, 2.75) is 26.7 Å². The summed E-state index contributed by atoms with van der Waals surface area (Å²) >= 11 is 0. The standard InChI is InChI=1S/C18H21N/c1-3-19-12-4-5-16-10-11-17(13-18(16)19)15-8-6-14(2)7-9-15/h6-11,13H,3-5,12H2,1-2H3. The quantitative estimate of drug-likeness (QED) is 0.763. The molecule has 3 rings (SSSR count). The van der Waals surface area contributed by atoms with Crippen LogP contribution in [0.25, 0.3) is 11.1 Å². The van der Waals surface area contributed by atoms with Crippen LogP contribution in [0.1, 0.15) is 24.5 Å². The predicted molar refractivity (Wildman–Crippen MR) is 82.8 cm³/mol. The first kappa shape index (κ1) is 12.3. The average molecular weight is 251 g/mol. The van der Waals surface area contributed by atoms with E-state index in [0.717, 1.165) is 6.54 Å². The van der Waals surface area contributed by atoms with Crippen LogP contribution >= 0.6 is 0 Å². The zero-order valence-electron chi connectivity index (χ0n) is 11.8. The van der Waals surface area contributed by atoms with E-state index in [1.54, 1.807) is 0 Å². The smallest absolute Gasteiger partial charge is 0.0404 e. The fraction of sp³-hybridized carbons (Fsp3) is 0.333. The lowest BCUT2D eigenvalue weighted by atomic mass is 9.96. The molecule has 0 bridgehead atoms. The SMILES string of the molecule is CCN1CCCc2ccc(-c3ccc(C)cc3)cc21. The Balaban J connectivity index is 2.02. The van der Waals surface area contributed by atoms with Crippen molar-refractivity contribution in [1.82, 2.24) is 0 Å². The molecule has 0 unspecified atom stereocenters. The number of aryl methyl sites for hydroxylation is 2. The van der Waals surface area contributed by atoms with E-state index in [1.165, 1.54) is 47.3 Å². The zero-order valence-corrected chi connectivity index (χ0v) is 11.8. The molecule has 1 aliphatic heterocycles. The van der Waals surface area contributed by atoms with Crippen LogP contribution in [0.3, 0.4) is 0 Å². The molecular formula is C18H21N. The highest BCUT2D eigenvalue weighted by molar-refractivity contribution is 5.71. The second-order valence-corrected chi connectivity index (χ2v) is 5.39. The second-order valence-electron chi connectivity index (χ2n) is 5.39. The summed E-state index contributed by atoms with van der Waals surface area (Å²) < 4.78 is 0. The normalized spacial score (nSPS) is 14.3. The summed E-state index contributed by atoms with van der Waals surface area (Å²) in [6.07, 6.45) is 2.50. The minimum absolute atomic E-state index is 1.10. The van der Waals surface area contributed by atoms with Gasteiger partial charge in [0.25, 0.3) is 0 Å². The first-order valence-corrected chi connectivity index (χ1v) is 7.23. The number of hydrogen-bond donors (Lipinski definition) is 0. The van der Waals surface area contributed by atoms with Gasteiger partial charge >= 0.3 is 0 Å². The predicted octanol–water partition coefficient (Wildman–Crippen LogP) is 4.43. The minimum Gasteiger partial charge on any atom is -0.372 e. The molecule has 0 saturated heterocycles. The number of anilines is 1. The number of nitrogens with zero attached hydrogens (tertiary/aromatic N) is 1. The molecule has 2 aromatic carbocycles. The molecule has 0 aliphatic carbocycles. The third kappa shape index (κ3) is 2.37. The van der Waals surface area contributed by atoms with Gasteiger partial charge in [-0.1, -0.05) is 42.0 Å². The van der Waals surface area contributed by atoms with Crippen LogP contribution in [-0.2, 0) is 6.42 Å². The Morgan fingerprint density at radius 2 is 1.74 bits per heavy atom. The summed E-state index contributed by atoms with van der Waals surface area (Å²) in [5, 5.41) is 0. The third-order valence-electron chi connectivity index (χ3n) is 4.07. The van der Waals surface area contributed by atoms with E-state index in [-0.39, 0.29) is 0 Å². The largest absolute Gasteiger partial charge is 0.372 e. The highest BCUT2D eigenvalue weighted by atomic mass is 15.1. The molecule has 0 spiro atoms. The molecular weight excluding hydrogens is 230 g/mol. The maximum atomic E-state index is 2.50. The van der Waals surface area contributed by atoms with Crippen LogP contribution in [0.5, 0.6) is 0 Å². The van der Waals surface area contributed by atoms with E-state index >= 15 is 0 Å². The highest BCUT2D eigenvalue weighted by Crippen LogP contribution is 2.32. The maximum Gasteiger partial charge on any atom is 0.0404 e. The molecule has 2 aromatic rings. The average Bonchev–Trinajstić information content (AvgIpc) is 2.47. The Morgan fingerprint density at radius 3 is 2.47 bits per heavy atom. The molecule has 0 amide bonds. The van der Waals surface area contributed by atoms with Crippen LogP contribution in [-0.4, -0.2) is 13.1 Å². The monoisotopic (exact) mass is 251 g/mol. The van der Waals surface area contributed by atoms with Crippen molar-refractivity contribution in [3.05, 3.63) is 53.6 Å². The summed E-state index contributed by atoms with van der Waals surface area (Å²) in [6, 6.07) is 15.8. The van der Waals surface area contributed by atoms with Gasteiger partial charge in [-0.25, -0.2) is 0 Å². The fourth-order valence-corrected chi connectivity index (χ4v) is 2.90. The second kappa shape index (κ2) is 5.08. The molecule has 0 atom stereocenters. The van der Waals surface area contributed by atoms with E-state index < -0.39 is 0 Å². The molecule has 0 saturated carbocycles. The van der Waals surface area contributed by atoms with Gasteiger partial charge in [-0.05, 0) is 49.4 Å². The minimum atomic E-state index is 1.10. The van der Waals surface area contributed by atoms with Gasteiger partial charge in [0.1, 0.15) is 0 Å². The summed E-state index contributed by atoms with van der Waals surface area (Å²) in [5.41, 5.74) is 6.90. The third-order valence-corrected chi connectivity index (χ3v) is 4.07.